The van der Waals surface area contributed by atoms with E-state index in [1.54, 1.807) is 25.5 Å². The highest BCUT2D eigenvalue weighted by Crippen LogP contribution is 2.16. The molecule has 19 heavy (non-hydrogen) atoms. The van der Waals surface area contributed by atoms with Gasteiger partial charge in [0.1, 0.15) is 5.70 Å². The van der Waals surface area contributed by atoms with E-state index < -0.39 is 0 Å². The van der Waals surface area contributed by atoms with Gasteiger partial charge in [0, 0.05) is 19.4 Å². The normalized spacial score (nSPS) is 17.3. The summed E-state index contributed by atoms with van der Waals surface area (Å²) < 4.78 is 0. The van der Waals surface area contributed by atoms with Crippen LogP contribution in [0.3, 0.4) is 0 Å². The molecule has 0 unspecified atom stereocenters. The van der Waals surface area contributed by atoms with E-state index in [2.05, 4.69) is 15.3 Å². The standard InChI is InChI=1S/C13H10N4OS/c1-17-12(18)11(16-13(17)19)7-8-2-3-9-10(6-8)15-5-4-14-9/h2-7H,1H3,(H,16,19)/b11-7-. The molecule has 3 rings (SSSR count). The van der Waals surface area contributed by atoms with Crippen molar-refractivity contribution in [1.29, 1.82) is 0 Å². The van der Waals surface area contributed by atoms with Gasteiger partial charge in [0.05, 0.1) is 11.0 Å². The number of likely N-dealkylation sites (N-methyl/N-ethyl adjacent to an activating group) is 1. The van der Waals surface area contributed by atoms with E-state index >= 15 is 0 Å². The van der Waals surface area contributed by atoms with Crippen LogP contribution in [0.2, 0.25) is 0 Å². The van der Waals surface area contributed by atoms with Crippen molar-refractivity contribution in [2.45, 2.75) is 0 Å². The highest BCUT2D eigenvalue weighted by Gasteiger charge is 2.26. The number of nitrogens with zero attached hydrogens (tertiary/aromatic N) is 3. The van der Waals surface area contributed by atoms with Gasteiger partial charge in [0.25, 0.3) is 5.91 Å². The third-order valence-corrected chi connectivity index (χ3v) is 3.26. The summed E-state index contributed by atoms with van der Waals surface area (Å²) in [6, 6.07) is 5.64. The van der Waals surface area contributed by atoms with Gasteiger partial charge < -0.3 is 5.32 Å². The van der Waals surface area contributed by atoms with Crippen LogP contribution in [0.1, 0.15) is 5.56 Å². The summed E-state index contributed by atoms with van der Waals surface area (Å²) in [6.45, 7) is 0. The van der Waals surface area contributed by atoms with Crippen molar-refractivity contribution in [1.82, 2.24) is 20.2 Å². The van der Waals surface area contributed by atoms with Gasteiger partial charge in [-0.25, -0.2) is 0 Å². The lowest BCUT2D eigenvalue weighted by Gasteiger charge is -2.02. The number of amides is 1. The first-order valence-electron chi connectivity index (χ1n) is 5.67. The minimum atomic E-state index is -0.135. The zero-order valence-corrected chi connectivity index (χ0v) is 10.9. The number of nitrogens with one attached hydrogen (secondary N) is 1. The predicted molar refractivity (Wildman–Crippen MR) is 76.0 cm³/mol. The molecule has 1 N–H and O–H groups in total. The van der Waals surface area contributed by atoms with E-state index in [1.165, 1.54) is 4.90 Å². The molecule has 5 nitrogen and oxygen atoms in total. The van der Waals surface area contributed by atoms with Crippen molar-refractivity contribution in [2.75, 3.05) is 7.05 Å². The zero-order valence-electron chi connectivity index (χ0n) is 10.1. The Hall–Kier alpha value is -2.34. The Morgan fingerprint density at radius 1 is 1.26 bits per heavy atom. The molecule has 1 fully saturated rings. The van der Waals surface area contributed by atoms with Crippen molar-refractivity contribution in [2.24, 2.45) is 0 Å². The molecule has 1 aromatic heterocycles. The minimum Gasteiger partial charge on any atom is -0.328 e. The lowest BCUT2D eigenvalue weighted by Crippen LogP contribution is -2.25. The van der Waals surface area contributed by atoms with Crippen LogP contribution in [-0.4, -0.2) is 32.9 Å². The number of hydrogen-bond acceptors (Lipinski definition) is 4. The number of carbonyl (C=O) groups excluding carboxylic acids is 1. The fourth-order valence-electron chi connectivity index (χ4n) is 1.86. The molecule has 94 valence electrons. The lowest BCUT2D eigenvalue weighted by atomic mass is 10.1. The average molecular weight is 270 g/mol. The van der Waals surface area contributed by atoms with Gasteiger partial charge in [-0.15, -0.1) is 0 Å². The molecule has 1 aliphatic rings. The van der Waals surface area contributed by atoms with Gasteiger partial charge in [0.2, 0.25) is 0 Å². The third-order valence-electron chi connectivity index (χ3n) is 2.89. The molecular formula is C13H10N4OS. The van der Waals surface area contributed by atoms with Gasteiger partial charge in [-0.2, -0.15) is 0 Å². The molecule has 0 aliphatic carbocycles. The van der Waals surface area contributed by atoms with E-state index in [-0.39, 0.29) is 5.91 Å². The molecule has 0 radical (unpaired) electrons. The summed E-state index contributed by atoms with van der Waals surface area (Å²) in [5.41, 5.74) is 2.96. The second-order valence-corrected chi connectivity index (χ2v) is 4.54. The molecule has 1 amide bonds. The quantitative estimate of drug-likeness (QED) is 0.625. The molecule has 2 heterocycles. The number of thiocarbonyl (C=S) groups is 1. The molecule has 1 aromatic carbocycles. The van der Waals surface area contributed by atoms with E-state index in [0.29, 0.717) is 10.8 Å². The Morgan fingerprint density at radius 2 is 2.00 bits per heavy atom. The first-order valence-corrected chi connectivity index (χ1v) is 6.07. The number of carbonyl (C=O) groups is 1. The van der Waals surface area contributed by atoms with Crippen molar-refractivity contribution < 1.29 is 4.79 Å². The van der Waals surface area contributed by atoms with E-state index in [1.807, 2.05) is 18.2 Å². The van der Waals surface area contributed by atoms with Crippen molar-refractivity contribution in [3.63, 3.8) is 0 Å². The predicted octanol–water partition coefficient (Wildman–Crippen LogP) is 1.32. The van der Waals surface area contributed by atoms with Crippen LogP contribution in [0.4, 0.5) is 0 Å². The fraction of sp³-hybridized carbons (Fsp3) is 0.0769. The average Bonchev–Trinajstić information content (AvgIpc) is 2.66. The summed E-state index contributed by atoms with van der Waals surface area (Å²) in [5, 5.41) is 3.30. The molecule has 0 saturated carbocycles. The first kappa shape index (κ1) is 11.7. The summed E-state index contributed by atoms with van der Waals surface area (Å²) in [4.78, 5) is 21.7. The van der Waals surface area contributed by atoms with Crippen LogP contribution >= 0.6 is 12.2 Å². The maximum atomic E-state index is 11.9. The van der Waals surface area contributed by atoms with Crippen LogP contribution < -0.4 is 5.32 Å². The number of rotatable bonds is 1. The van der Waals surface area contributed by atoms with Crippen LogP contribution in [-0.2, 0) is 4.79 Å². The van der Waals surface area contributed by atoms with Crippen molar-refractivity contribution in [3.8, 4) is 0 Å². The minimum absolute atomic E-state index is 0.135. The van der Waals surface area contributed by atoms with Gasteiger partial charge >= 0.3 is 0 Å². The first-order chi connectivity index (χ1) is 9.15. The Morgan fingerprint density at radius 3 is 2.68 bits per heavy atom. The van der Waals surface area contributed by atoms with E-state index in [0.717, 1.165) is 16.6 Å². The highest BCUT2D eigenvalue weighted by atomic mass is 32.1. The lowest BCUT2D eigenvalue weighted by molar-refractivity contribution is -0.121. The second-order valence-electron chi connectivity index (χ2n) is 4.16. The van der Waals surface area contributed by atoms with Gasteiger partial charge in [0.15, 0.2) is 5.11 Å². The number of aromatic nitrogens is 2. The molecular weight excluding hydrogens is 260 g/mol. The Kier molecular flexibility index (Phi) is 2.72. The number of hydrogen-bond donors (Lipinski definition) is 1. The highest BCUT2D eigenvalue weighted by molar-refractivity contribution is 7.80. The number of fused-ring (bicyclic) bond motifs is 1. The molecule has 0 bridgehead atoms. The molecule has 2 aromatic rings. The summed E-state index contributed by atoms with van der Waals surface area (Å²) in [5.74, 6) is -0.135. The Bertz CT molecular complexity index is 725. The molecule has 6 heteroatoms. The van der Waals surface area contributed by atoms with Crippen molar-refractivity contribution >= 4 is 40.3 Å². The van der Waals surface area contributed by atoms with Gasteiger partial charge in [-0.3, -0.25) is 19.7 Å². The second kappa shape index (κ2) is 4.40. The topological polar surface area (TPSA) is 58.1 Å². The van der Waals surface area contributed by atoms with Crippen LogP contribution in [0.25, 0.3) is 17.1 Å². The smallest absolute Gasteiger partial charge is 0.276 e. The Labute approximate surface area is 115 Å². The largest absolute Gasteiger partial charge is 0.328 e. The maximum Gasteiger partial charge on any atom is 0.276 e. The fourth-order valence-corrected chi connectivity index (χ4v) is 2.05. The zero-order chi connectivity index (χ0) is 13.4. The van der Waals surface area contributed by atoms with Crippen LogP contribution in [0.15, 0.2) is 36.3 Å². The third kappa shape index (κ3) is 2.06. The monoisotopic (exact) mass is 270 g/mol. The molecule has 1 saturated heterocycles. The van der Waals surface area contributed by atoms with Crippen LogP contribution in [0.5, 0.6) is 0 Å². The van der Waals surface area contributed by atoms with Gasteiger partial charge in [-0.05, 0) is 36.0 Å². The van der Waals surface area contributed by atoms with Crippen molar-refractivity contribution in [3.05, 3.63) is 41.9 Å². The number of benzene rings is 1. The van der Waals surface area contributed by atoms with E-state index in [9.17, 15) is 4.79 Å². The maximum absolute atomic E-state index is 11.9. The summed E-state index contributed by atoms with van der Waals surface area (Å²) in [6.07, 6.45) is 5.04. The summed E-state index contributed by atoms with van der Waals surface area (Å²) in [7, 11) is 1.64. The van der Waals surface area contributed by atoms with Gasteiger partial charge in [-0.1, -0.05) is 6.07 Å². The van der Waals surface area contributed by atoms with E-state index in [4.69, 9.17) is 12.2 Å². The molecule has 1 aliphatic heterocycles. The molecule has 0 spiro atoms. The molecule has 0 atom stereocenters. The van der Waals surface area contributed by atoms with Crippen LogP contribution in [0, 0.1) is 0 Å². The Balaban J connectivity index is 2.02. The SMILES string of the molecule is CN1C(=O)/C(=C/c2ccc3nccnc3c2)NC1=S. The summed E-state index contributed by atoms with van der Waals surface area (Å²) >= 11 is 5.02.